The molecule has 0 amide bonds. The fraction of sp³-hybridized carbons (Fsp3) is 0.250. The minimum Gasteiger partial charge on any atom is -0.484 e. The summed E-state index contributed by atoms with van der Waals surface area (Å²) in [5, 5.41) is 8.72. The van der Waals surface area contributed by atoms with Gasteiger partial charge in [0.25, 0.3) is 0 Å². The zero-order chi connectivity index (χ0) is 11.2. The van der Waals surface area contributed by atoms with Gasteiger partial charge in [-0.25, -0.2) is 4.98 Å². The maximum atomic E-state index is 8.72. The van der Waals surface area contributed by atoms with Crippen molar-refractivity contribution in [2.24, 2.45) is 0 Å². The Morgan fingerprint density at radius 3 is 2.81 bits per heavy atom. The molecule has 2 aromatic rings. The minimum atomic E-state index is 0.0749. The lowest BCUT2D eigenvalue weighted by atomic mass is 10.3. The van der Waals surface area contributed by atoms with Crippen molar-refractivity contribution < 1.29 is 14.3 Å². The fourth-order valence-corrected chi connectivity index (χ4v) is 1.31. The first-order valence-corrected chi connectivity index (χ1v) is 5.10. The van der Waals surface area contributed by atoms with Crippen molar-refractivity contribution in [2.75, 3.05) is 6.61 Å². The van der Waals surface area contributed by atoms with Gasteiger partial charge in [0.15, 0.2) is 6.61 Å². The molecule has 4 nitrogen and oxygen atoms in total. The molecule has 0 radical (unpaired) electrons. The van der Waals surface area contributed by atoms with Gasteiger partial charge in [-0.2, -0.15) is 0 Å². The van der Waals surface area contributed by atoms with Crippen LogP contribution in [0.1, 0.15) is 11.6 Å². The van der Waals surface area contributed by atoms with Crippen molar-refractivity contribution in [3.05, 3.63) is 48.2 Å². The van der Waals surface area contributed by atoms with E-state index in [1.54, 1.807) is 6.26 Å². The Labute approximate surface area is 93.5 Å². The van der Waals surface area contributed by atoms with Gasteiger partial charge in [0.1, 0.15) is 12.0 Å². The first-order valence-electron chi connectivity index (χ1n) is 5.10. The maximum absolute atomic E-state index is 8.72. The van der Waals surface area contributed by atoms with E-state index < -0.39 is 0 Å². The molecule has 0 aliphatic rings. The first kappa shape index (κ1) is 10.7. The lowest BCUT2D eigenvalue weighted by Crippen LogP contribution is -1.96. The molecule has 0 fully saturated rings. The summed E-state index contributed by atoms with van der Waals surface area (Å²) in [7, 11) is 0. The summed E-state index contributed by atoms with van der Waals surface area (Å²) in [4.78, 5) is 4.16. The van der Waals surface area contributed by atoms with Crippen molar-refractivity contribution in [3.8, 4) is 5.75 Å². The third-order valence-electron chi connectivity index (χ3n) is 2.07. The van der Waals surface area contributed by atoms with Crippen LogP contribution in [0.5, 0.6) is 5.75 Å². The second-order valence-electron chi connectivity index (χ2n) is 3.31. The summed E-state index contributed by atoms with van der Waals surface area (Å²) in [6.45, 7) is 0.376. The average molecular weight is 219 g/mol. The SMILES string of the molecule is OCCc1coc(COc2ccccc2)n1. The predicted molar refractivity (Wildman–Crippen MR) is 58.1 cm³/mol. The quantitative estimate of drug-likeness (QED) is 0.832. The molecular formula is C12H13NO3. The normalized spacial score (nSPS) is 10.3. The molecule has 0 saturated heterocycles. The molecule has 1 aromatic carbocycles. The molecule has 0 aliphatic heterocycles. The van der Waals surface area contributed by atoms with E-state index in [1.165, 1.54) is 0 Å². The molecule has 1 N–H and O–H groups in total. The summed E-state index contributed by atoms with van der Waals surface area (Å²) in [5.74, 6) is 1.30. The van der Waals surface area contributed by atoms with E-state index in [1.807, 2.05) is 30.3 Å². The van der Waals surface area contributed by atoms with Gasteiger partial charge in [-0.1, -0.05) is 18.2 Å². The number of nitrogens with zero attached hydrogens (tertiary/aromatic N) is 1. The molecule has 1 heterocycles. The number of rotatable bonds is 5. The largest absolute Gasteiger partial charge is 0.484 e. The van der Waals surface area contributed by atoms with Gasteiger partial charge in [-0.3, -0.25) is 0 Å². The number of aliphatic hydroxyl groups is 1. The maximum Gasteiger partial charge on any atom is 0.232 e. The summed E-state index contributed by atoms with van der Waals surface area (Å²) >= 11 is 0. The number of aromatic nitrogens is 1. The highest BCUT2D eigenvalue weighted by molar-refractivity contribution is 5.20. The highest BCUT2D eigenvalue weighted by Gasteiger charge is 2.03. The molecule has 0 saturated carbocycles. The molecule has 16 heavy (non-hydrogen) atoms. The van der Waals surface area contributed by atoms with Crippen LogP contribution in [0.3, 0.4) is 0 Å². The fourth-order valence-electron chi connectivity index (χ4n) is 1.31. The van der Waals surface area contributed by atoms with Crippen molar-refractivity contribution in [2.45, 2.75) is 13.0 Å². The van der Waals surface area contributed by atoms with E-state index in [4.69, 9.17) is 14.3 Å². The van der Waals surface area contributed by atoms with Crippen LogP contribution in [-0.4, -0.2) is 16.7 Å². The predicted octanol–water partition coefficient (Wildman–Crippen LogP) is 1.79. The van der Waals surface area contributed by atoms with Crippen molar-refractivity contribution in [3.63, 3.8) is 0 Å². The Morgan fingerprint density at radius 2 is 2.06 bits per heavy atom. The van der Waals surface area contributed by atoms with Gasteiger partial charge in [-0.05, 0) is 12.1 Å². The second-order valence-corrected chi connectivity index (χ2v) is 3.31. The van der Waals surface area contributed by atoms with E-state index in [-0.39, 0.29) is 6.61 Å². The third-order valence-corrected chi connectivity index (χ3v) is 2.07. The summed E-state index contributed by atoms with van der Waals surface area (Å²) < 4.78 is 10.7. The molecule has 0 unspecified atom stereocenters. The highest BCUT2D eigenvalue weighted by atomic mass is 16.5. The van der Waals surface area contributed by atoms with Crippen LogP contribution >= 0.6 is 0 Å². The number of hydrogen-bond donors (Lipinski definition) is 1. The van der Waals surface area contributed by atoms with E-state index in [2.05, 4.69) is 4.98 Å². The average Bonchev–Trinajstić information content (AvgIpc) is 2.76. The van der Waals surface area contributed by atoms with Crippen LogP contribution in [-0.2, 0) is 13.0 Å². The Kier molecular flexibility index (Phi) is 3.56. The lowest BCUT2D eigenvalue weighted by Gasteiger charge is -2.01. The Bertz CT molecular complexity index is 425. The van der Waals surface area contributed by atoms with Crippen LogP contribution in [0, 0.1) is 0 Å². The van der Waals surface area contributed by atoms with E-state index in [9.17, 15) is 0 Å². The Morgan fingerprint density at radius 1 is 1.25 bits per heavy atom. The molecule has 4 heteroatoms. The second kappa shape index (κ2) is 5.32. The molecule has 1 aromatic heterocycles. The molecular weight excluding hydrogens is 206 g/mol. The van der Waals surface area contributed by atoms with E-state index >= 15 is 0 Å². The van der Waals surface area contributed by atoms with Crippen LogP contribution in [0.15, 0.2) is 41.0 Å². The number of para-hydroxylation sites is 1. The summed E-state index contributed by atoms with van der Waals surface area (Å²) in [5.41, 5.74) is 0.745. The number of benzene rings is 1. The molecule has 0 aliphatic carbocycles. The zero-order valence-corrected chi connectivity index (χ0v) is 8.80. The smallest absolute Gasteiger partial charge is 0.232 e. The molecule has 0 bridgehead atoms. The molecule has 0 atom stereocenters. The topological polar surface area (TPSA) is 55.5 Å². The van der Waals surface area contributed by atoms with Crippen molar-refractivity contribution in [1.29, 1.82) is 0 Å². The summed E-state index contributed by atoms with van der Waals surface area (Å²) in [6, 6.07) is 9.48. The van der Waals surface area contributed by atoms with Gasteiger partial charge in [-0.15, -0.1) is 0 Å². The number of aliphatic hydroxyl groups excluding tert-OH is 1. The number of ether oxygens (including phenoxy) is 1. The van der Waals surface area contributed by atoms with Gasteiger partial charge in [0, 0.05) is 13.0 Å². The van der Waals surface area contributed by atoms with E-state index in [0.29, 0.717) is 18.9 Å². The third kappa shape index (κ3) is 2.84. The minimum absolute atomic E-state index is 0.0749. The van der Waals surface area contributed by atoms with E-state index in [0.717, 1.165) is 11.4 Å². The van der Waals surface area contributed by atoms with Crippen LogP contribution in [0.4, 0.5) is 0 Å². The molecule has 84 valence electrons. The van der Waals surface area contributed by atoms with Crippen molar-refractivity contribution >= 4 is 0 Å². The Hall–Kier alpha value is -1.81. The monoisotopic (exact) mass is 219 g/mol. The van der Waals surface area contributed by atoms with Gasteiger partial charge >= 0.3 is 0 Å². The summed E-state index contributed by atoms with van der Waals surface area (Å²) in [6.07, 6.45) is 2.05. The van der Waals surface area contributed by atoms with Crippen LogP contribution in [0.2, 0.25) is 0 Å². The number of hydrogen-bond acceptors (Lipinski definition) is 4. The van der Waals surface area contributed by atoms with Gasteiger partial charge in [0.05, 0.1) is 5.69 Å². The highest BCUT2D eigenvalue weighted by Crippen LogP contribution is 2.11. The van der Waals surface area contributed by atoms with Crippen molar-refractivity contribution in [1.82, 2.24) is 4.98 Å². The van der Waals surface area contributed by atoms with Crippen LogP contribution in [0.25, 0.3) is 0 Å². The Balaban J connectivity index is 1.89. The lowest BCUT2D eigenvalue weighted by molar-refractivity contribution is 0.263. The van der Waals surface area contributed by atoms with Crippen LogP contribution < -0.4 is 4.74 Å². The van der Waals surface area contributed by atoms with Gasteiger partial charge < -0.3 is 14.3 Å². The zero-order valence-electron chi connectivity index (χ0n) is 8.80. The standard InChI is InChI=1S/C12H13NO3/c14-7-6-10-8-16-12(13-10)9-15-11-4-2-1-3-5-11/h1-5,8,14H,6-7,9H2. The molecule has 2 rings (SSSR count). The van der Waals surface area contributed by atoms with Gasteiger partial charge in [0.2, 0.25) is 5.89 Å². The number of oxazole rings is 1. The first-order chi connectivity index (χ1) is 7.88. The molecule has 0 spiro atoms.